The Labute approximate surface area is 272 Å². The number of carbonyl (C=O) groups excluding carboxylic acids is 2. The monoisotopic (exact) mass is 699 g/mol. The molecule has 45 heavy (non-hydrogen) atoms. The highest BCUT2D eigenvalue weighted by Crippen LogP contribution is 2.34. The van der Waals surface area contributed by atoms with E-state index in [0.29, 0.717) is 16.6 Å². The Morgan fingerprint density at radius 3 is 2.40 bits per heavy atom. The maximum atomic E-state index is 13.1. The summed E-state index contributed by atoms with van der Waals surface area (Å²) < 4.78 is 40.0. The lowest BCUT2D eigenvalue weighted by molar-refractivity contribution is -0.137. The summed E-state index contributed by atoms with van der Waals surface area (Å²) in [5, 5.41) is 9.50. The summed E-state index contributed by atoms with van der Waals surface area (Å²) in [7, 11) is 2.07. The van der Waals surface area contributed by atoms with Crippen LogP contribution < -0.4 is 21.0 Å². The smallest absolute Gasteiger partial charge is 0.375 e. The van der Waals surface area contributed by atoms with Gasteiger partial charge in [-0.3, -0.25) is 9.59 Å². The Kier molecular flexibility index (Phi) is 11.8. The third kappa shape index (κ3) is 9.90. The van der Waals surface area contributed by atoms with E-state index in [1.165, 1.54) is 17.8 Å². The zero-order valence-corrected chi connectivity index (χ0v) is 26.5. The summed E-state index contributed by atoms with van der Waals surface area (Å²) in [5.41, 5.74) is 4.29. The van der Waals surface area contributed by atoms with Crippen molar-refractivity contribution in [3.05, 3.63) is 128 Å². The Morgan fingerprint density at radius 1 is 0.956 bits per heavy atom. The maximum Gasteiger partial charge on any atom is 0.417 e. The van der Waals surface area contributed by atoms with Crippen LogP contribution in [-0.2, 0) is 12.7 Å². The SMILES string of the molecule is CN(CCCNCc1ccc(C(=O)Nc2ccc(Br)cc2C(=O)N/N=C\c2ccc(Cl)c(C(F)(F)F)c2)cc1)c1ccccc1. The van der Waals surface area contributed by atoms with Crippen molar-refractivity contribution in [2.24, 2.45) is 5.10 Å². The van der Waals surface area contributed by atoms with E-state index in [1.807, 2.05) is 30.3 Å². The molecule has 4 aromatic carbocycles. The first-order valence-electron chi connectivity index (χ1n) is 13.9. The van der Waals surface area contributed by atoms with Gasteiger partial charge < -0.3 is 15.5 Å². The van der Waals surface area contributed by atoms with Crippen molar-refractivity contribution >= 4 is 56.9 Å². The molecule has 0 fully saturated rings. The van der Waals surface area contributed by atoms with Crippen LogP contribution in [0.2, 0.25) is 5.02 Å². The molecule has 0 saturated heterocycles. The Hall–Kier alpha value is -4.19. The van der Waals surface area contributed by atoms with Gasteiger partial charge in [0.25, 0.3) is 11.8 Å². The average Bonchev–Trinajstić information content (AvgIpc) is 3.02. The molecule has 0 aliphatic heterocycles. The van der Waals surface area contributed by atoms with Gasteiger partial charge in [-0.1, -0.05) is 63.9 Å². The van der Waals surface area contributed by atoms with E-state index in [1.54, 1.807) is 24.3 Å². The third-order valence-corrected chi connectivity index (χ3v) is 7.56. The summed E-state index contributed by atoms with van der Waals surface area (Å²) in [4.78, 5) is 28.1. The molecule has 12 heteroatoms. The predicted molar refractivity (Wildman–Crippen MR) is 176 cm³/mol. The van der Waals surface area contributed by atoms with E-state index >= 15 is 0 Å². The molecule has 0 spiro atoms. The van der Waals surface area contributed by atoms with Crippen LogP contribution in [0.3, 0.4) is 0 Å². The molecule has 0 aliphatic rings. The van der Waals surface area contributed by atoms with Crippen LogP contribution in [0, 0.1) is 0 Å². The summed E-state index contributed by atoms with van der Waals surface area (Å²) in [5.74, 6) is -1.09. The van der Waals surface area contributed by atoms with Crippen LogP contribution in [0.1, 0.15) is 43.8 Å². The van der Waals surface area contributed by atoms with E-state index in [0.717, 1.165) is 43.4 Å². The molecule has 0 unspecified atom stereocenters. The molecule has 0 heterocycles. The topological polar surface area (TPSA) is 85.8 Å². The number of nitrogens with one attached hydrogen (secondary N) is 3. The first kappa shape index (κ1) is 33.7. The van der Waals surface area contributed by atoms with Crippen molar-refractivity contribution in [3.8, 4) is 0 Å². The van der Waals surface area contributed by atoms with Crippen molar-refractivity contribution in [1.29, 1.82) is 0 Å². The summed E-state index contributed by atoms with van der Waals surface area (Å²) in [6.07, 6.45) is -2.59. The molecule has 7 nitrogen and oxygen atoms in total. The van der Waals surface area contributed by atoms with E-state index < -0.39 is 28.6 Å². The van der Waals surface area contributed by atoms with Gasteiger partial charge in [0.1, 0.15) is 0 Å². The van der Waals surface area contributed by atoms with Crippen molar-refractivity contribution < 1.29 is 22.8 Å². The zero-order valence-electron chi connectivity index (χ0n) is 24.2. The standard InChI is InChI=1S/C33H30BrClF3N5O2/c1-43(26-6-3-2-4-7-26)17-5-16-39-20-22-8-11-24(12-9-22)31(44)41-30-15-13-25(34)19-27(30)32(45)42-40-21-23-10-14-29(35)28(18-23)33(36,37)38/h2-4,6-15,18-19,21,39H,5,16-17,20H2,1H3,(H,41,44)(H,42,45)/b40-21-. The van der Waals surface area contributed by atoms with Gasteiger partial charge >= 0.3 is 6.18 Å². The van der Waals surface area contributed by atoms with Crippen LogP contribution in [0.15, 0.2) is 101 Å². The van der Waals surface area contributed by atoms with E-state index in [-0.39, 0.29) is 16.8 Å². The highest BCUT2D eigenvalue weighted by Gasteiger charge is 2.33. The average molecular weight is 701 g/mol. The number of amides is 2. The number of anilines is 2. The number of rotatable bonds is 12. The molecule has 0 radical (unpaired) electrons. The second kappa shape index (κ2) is 15.7. The molecule has 0 aromatic heterocycles. The molecule has 3 N–H and O–H groups in total. The Bertz CT molecular complexity index is 1650. The molecular weight excluding hydrogens is 671 g/mol. The van der Waals surface area contributed by atoms with E-state index in [2.05, 4.69) is 61.2 Å². The number of nitrogens with zero attached hydrogens (tertiary/aromatic N) is 2. The normalized spacial score (nSPS) is 11.4. The van der Waals surface area contributed by atoms with Crippen LogP contribution in [0.4, 0.5) is 24.5 Å². The van der Waals surface area contributed by atoms with Gasteiger partial charge in [-0.05, 0) is 78.7 Å². The fraction of sp³-hybridized carbons (Fsp3) is 0.182. The predicted octanol–water partition coefficient (Wildman–Crippen LogP) is 7.75. The van der Waals surface area contributed by atoms with Gasteiger partial charge in [0.15, 0.2) is 0 Å². The first-order valence-corrected chi connectivity index (χ1v) is 15.1. The van der Waals surface area contributed by atoms with Gasteiger partial charge in [0, 0.05) is 35.9 Å². The maximum absolute atomic E-state index is 13.1. The number of halogens is 5. The first-order chi connectivity index (χ1) is 21.5. The van der Waals surface area contributed by atoms with Crippen LogP contribution in [-0.4, -0.2) is 38.2 Å². The number of alkyl halides is 3. The summed E-state index contributed by atoms with van der Waals surface area (Å²) in [6.45, 7) is 2.41. The number of benzene rings is 4. The highest BCUT2D eigenvalue weighted by atomic mass is 79.9. The zero-order chi connectivity index (χ0) is 32.4. The van der Waals surface area contributed by atoms with Gasteiger partial charge in [-0.15, -0.1) is 0 Å². The van der Waals surface area contributed by atoms with Crippen molar-refractivity contribution in [2.45, 2.75) is 19.1 Å². The lowest BCUT2D eigenvalue weighted by Crippen LogP contribution is -2.23. The molecule has 0 bridgehead atoms. The van der Waals surface area contributed by atoms with Gasteiger partial charge in [0.05, 0.1) is 28.1 Å². The quantitative estimate of drug-likeness (QED) is 0.0802. The number of hydrogen-bond donors (Lipinski definition) is 3. The second-order valence-corrected chi connectivity index (χ2v) is 11.4. The molecular formula is C33H30BrClF3N5O2. The van der Waals surface area contributed by atoms with Gasteiger partial charge in [-0.2, -0.15) is 18.3 Å². The largest absolute Gasteiger partial charge is 0.417 e. The van der Waals surface area contributed by atoms with Crippen LogP contribution in [0.5, 0.6) is 0 Å². The van der Waals surface area contributed by atoms with Gasteiger partial charge in [0.2, 0.25) is 0 Å². The van der Waals surface area contributed by atoms with Crippen LogP contribution >= 0.6 is 27.5 Å². The molecule has 0 atom stereocenters. The Morgan fingerprint density at radius 2 is 1.69 bits per heavy atom. The molecule has 4 aromatic rings. The Balaban J connectivity index is 1.30. The number of hydrazone groups is 1. The molecule has 0 saturated carbocycles. The number of carbonyl (C=O) groups is 2. The highest BCUT2D eigenvalue weighted by molar-refractivity contribution is 9.10. The fourth-order valence-corrected chi connectivity index (χ4v) is 4.92. The number of hydrogen-bond acceptors (Lipinski definition) is 5. The molecule has 0 aliphatic carbocycles. The number of para-hydroxylation sites is 1. The summed E-state index contributed by atoms with van der Waals surface area (Å²) >= 11 is 8.96. The van der Waals surface area contributed by atoms with Crippen LogP contribution in [0.25, 0.3) is 0 Å². The van der Waals surface area contributed by atoms with E-state index in [4.69, 9.17) is 11.6 Å². The van der Waals surface area contributed by atoms with Crippen molar-refractivity contribution in [2.75, 3.05) is 30.4 Å². The van der Waals surface area contributed by atoms with Gasteiger partial charge in [-0.25, -0.2) is 5.43 Å². The molecule has 4 rings (SSSR count). The van der Waals surface area contributed by atoms with E-state index in [9.17, 15) is 22.8 Å². The lowest BCUT2D eigenvalue weighted by atomic mass is 10.1. The lowest BCUT2D eigenvalue weighted by Gasteiger charge is -2.19. The third-order valence-electron chi connectivity index (χ3n) is 6.74. The second-order valence-electron chi connectivity index (χ2n) is 10.1. The van der Waals surface area contributed by atoms with Crippen molar-refractivity contribution in [3.63, 3.8) is 0 Å². The fourth-order valence-electron chi connectivity index (χ4n) is 4.33. The van der Waals surface area contributed by atoms with Crippen molar-refractivity contribution in [1.82, 2.24) is 10.7 Å². The summed E-state index contributed by atoms with van der Waals surface area (Å²) in [6, 6.07) is 25.3. The molecule has 234 valence electrons. The minimum Gasteiger partial charge on any atom is -0.375 e. The minimum atomic E-state index is -4.63. The molecule has 2 amide bonds. The minimum absolute atomic E-state index is 0.0871.